The van der Waals surface area contributed by atoms with E-state index in [9.17, 15) is 4.79 Å². The van der Waals surface area contributed by atoms with Gasteiger partial charge in [0, 0.05) is 25.5 Å². The first-order valence-corrected chi connectivity index (χ1v) is 6.11. The molecule has 0 spiro atoms. The fourth-order valence-electron chi connectivity index (χ4n) is 1.80. The van der Waals surface area contributed by atoms with E-state index >= 15 is 0 Å². The molecule has 2 rings (SSSR count). The fourth-order valence-corrected chi connectivity index (χ4v) is 1.80. The van der Waals surface area contributed by atoms with E-state index in [1.54, 1.807) is 24.2 Å². The SMILES string of the molecule is Cc1cccc(N(C)C(=O)c2ccc(CN)cn2)c1. The van der Waals surface area contributed by atoms with Crippen molar-refractivity contribution < 1.29 is 4.79 Å². The van der Waals surface area contributed by atoms with Gasteiger partial charge in [-0.05, 0) is 36.2 Å². The molecule has 1 aromatic heterocycles. The molecule has 0 unspecified atom stereocenters. The second-order valence-corrected chi connectivity index (χ2v) is 4.46. The molecule has 0 fully saturated rings. The van der Waals surface area contributed by atoms with Gasteiger partial charge in [-0.3, -0.25) is 9.78 Å². The molecular weight excluding hydrogens is 238 g/mol. The van der Waals surface area contributed by atoms with Crippen LogP contribution in [0.4, 0.5) is 5.69 Å². The molecule has 0 atom stereocenters. The number of hydrogen-bond acceptors (Lipinski definition) is 3. The van der Waals surface area contributed by atoms with E-state index in [-0.39, 0.29) is 5.91 Å². The summed E-state index contributed by atoms with van der Waals surface area (Å²) in [5, 5.41) is 0. The number of amides is 1. The van der Waals surface area contributed by atoms with Crippen LogP contribution in [0.15, 0.2) is 42.6 Å². The Morgan fingerprint density at radius 1 is 1.32 bits per heavy atom. The molecule has 1 heterocycles. The van der Waals surface area contributed by atoms with E-state index in [0.717, 1.165) is 16.8 Å². The minimum Gasteiger partial charge on any atom is -0.326 e. The van der Waals surface area contributed by atoms with Crippen molar-refractivity contribution >= 4 is 11.6 Å². The summed E-state index contributed by atoms with van der Waals surface area (Å²) in [6.45, 7) is 2.42. The van der Waals surface area contributed by atoms with Crippen LogP contribution in [0.3, 0.4) is 0 Å². The minimum atomic E-state index is -0.130. The van der Waals surface area contributed by atoms with Crippen LogP contribution in [0.1, 0.15) is 21.6 Å². The molecule has 19 heavy (non-hydrogen) atoms. The summed E-state index contributed by atoms with van der Waals surface area (Å²) in [7, 11) is 1.75. The van der Waals surface area contributed by atoms with Crippen molar-refractivity contribution in [3.8, 4) is 0 Å². The molecule has 2 aromatic rings. The number of nitrogens with two attached hydrogens (primary N) is 1. The van der Waals surface area contributed by atoms with Crippen LogP contribution >= 0.6 is 0 Å². The number of benzene rings is 1. The predicted molar refractivity (Wildman–Crippen MR) is 76.0 cm³/mol. The standard InChI is InChI=1S/C15H17N3O/c1-11-4-3-5-13(8-11)18(2)15(19)14-7-6-12(9-16)10-17-14/h3-8,10H,9,16H2,1-2H3. The molecule has 2 N–H and O–H groups in total. The Kier molecular flexibility index (Phi) is 3.92. The lowest BCUT2D eigenvalue weighted by Crippen LogP contribution is -2.27. The van der Waals surface area contributed by atoms with E-state index in [4.69, 9.17) is 5.73 Å². The van der Waals surface area contributed by atoms with Gasteiger partial charge in [0.1, 0.15) is 5.69 Å². The smallest absolute Gasteiger partial charge is 0.276 e. The quantitative estimate of drug-likeness (QED) is 0.914. The monoisotopic (exact) mass is 255 g/mol. The van der Waals surface area contributed by atoms with Crippen LogP contribution < -0.4 is 10.6 Å². The minimum absolute atomic E-state index is 0.130. The Balaban J connectivity index is 2.23. The fraction of sp³-hybridized carbons (Fsp3) is 0.200. The summed E-state index contributed by atoms with van der Waals surface area (Å²) in [5.41, 5.74) is 8.81. The van der Waals surface area contributed by atoms with Gasteiger partial charge in [0.2, 0.25) is 0 Å². The number of anilines is 1. The van der Waals surface area contributed by atoms with Gasteiger partial charge >= 0.3 is 0 Å². The van der Waals surface area contributed by atoms with E-state index in [2.05, 4.69) is 4.98 Å². The van der Waals surface area contributed by atoms with E-state index in [1.165, 1.54) is 0 Å². The van der Waals surface area contributed by atoms with Crippen LogP contribution in [-0.2, 0) is 6.54 Å². The Hall–Kier alpha value is -2.20. The zero-order valence-corrected chi connectivity index (χ0v) is 11.1. The molecule has 1 aromatic carbocycles. The lowest BCUT2D eigenvalue weighted by molar-refractivity contribution is 0.0988. The molecule has 0 radical (unpaired) electrons. The second kappa shape index (κ2) is 5.63. The van der Waals surface area contributed by atoms with Crippen molar-refractivity contribution in [2.24, 2.45) is 5.73 Å². The molecule has 1 amide bonds. The number of hydrogen-bond donors (Lipinski definition) is 1. The van der Waals surface area contributed by atoms with Gasteiger partial charge in [-0.1, -0.05) is 18.2 Å². The molecule has 4 nitrogen and oxygen atoms in total. The molecule has 0 saturated heterocycles. The maximum atomic E-state index is 12.3. The maximum Gasteiger partial charge on any atom is 0.276 e. The van der Waals surface area contributed by atoms with Gasteiger partial charge in [0.25, 0.3) is 5.91 Å². The number of aryl methyl sites for hydroxylation is 1. The van der Waals surface area contributed by atoms with Gasteiger partial charge in [0.05, 0.1) is 0 Å². The first-order chi connectivity index (χ1) is 9.11. The summed E-state index contributed by atoms with van der Waals surface area (Å²) in [4.78, 5) is 18.0. The second-order valence-electron chi connectivity index (χ2n) is 4.46. The molecule has 0 saturated carbocycles. The van der Waals surface area contributed by atoms with Gasteiger partial charge in [-0.25, -0.2) is 0 Å². The van der Waals surface area contributed by atoms with Crippen molar-refractivity contribution in [3.63, 3.8) is 0 Å². The number of nitrogens with zero attached hydrogens (tertiary/aromatic N) is 2. The van der Waals surface area contributed by atoms with Crippen molar-refractivity contribution in [2.45, 2.75) is 13.5 Å². The molecule has 0 aliphatic heterocycles. The molecule has 4 heteroatoms. The summed E-state index contributed by atoms with van der Waals surface area (Å²) < 4.78 is 0. The average molecular weight is 255 g/mol. The topological polar surface area (TPSA) is 59.2 Å². The zero-order chi connectivity index (χ0) is 13.8. The van der Waals surface area contributed by atoms with Crippen molar-refractivity contribution in [3.05, 3.63) is 59.4 Å². The first kappa shape index (κ1) is 13.2. The Labute approximate surface area is 112 Å². The summed E-state index contributed by atoms with van der Waals surface area (Å²) >= 11 is 0. The first-order valence-electron chi connectivity index (χ1n) is 6.11. The van der Waals surface area contributed by atoms with Gasteiger partial charge in [-0.2, -0.15) is 0 Å². The zero-order valence-electron chi connectivity index (χ0n) is 11.1. The van der Waals surface area contributed by atoms with Gasteiger partial charge in [-0.15, -0.1) is 0 Å². The summed E-state index contributed by atoms with van der Waals surface area (Å²) in [5.74, 6) is -0.130. The third-order valence-electron chi connectivity index (χ3n) is 2.97. The summed E-state index contributed by atoms with van der Waals surface area (Å²) in [6, 6.07) is 11.3. The van der Waals surface area contributed by atoms with Gasteiger partial charge < -0.3 is 10.6 Å². The highest BCUT2D eigenvalue weighted by atomic mass is 16.2. The number of rotatable bonds is 3. The molecular formula is C15H17N3O. The summed E-state index contributed by atoms with van der Waals surface area (Å²) in [6.07, 6.45) is 1.64. The predicted octanol–water partition coefficient (Wildman–Crippen LogP) is 2.13. The van der Waals surface area contributed by atoms with Crippen molar-refractivity contribution in [1.29, 1.82) is 0 Å². The molecule has 0 bridgehead atoms. The lowest BCUT2D eigenvalue weighted by atomic mass is 10.2. The molecule has 0 aliphatic rings. The van der Waals surface area contributed by atoms with E-state index in [0.29, 0.717) is 12.2 Å². The number of carbonyl (C=O) groups excluding carboxylic acids is 1. The molecule has 98 valence electrons. The van der Waals surface area contributed by atoms with Crippen LogP contribution in [0, 0.1) is 6.92 Å². The van der Waals surface area contributed by atoms with Crippen LogP contribution in [0.2, 0.25) is 0 Å². The maximum absolute atomic E-state index is 12.3. The highest BCUT2D eigenvalue weighted by Crippen LogP contribution is 2.16. The third-order valence-corrected chi connectivity index (χ3v) is 2.97. The number of pyridine rings is 1. The van der Waals surface area contributed by atoms with Crippen molar-refractivity contribution in [1.82, 2.24) is 4.98 Å². The highest BCUT2D eigenvalue weighted by Gasteiger charge is 2.14. The third kappa shape index (κ3) is 2.98. The highest BCUT2D eigenvalue weighted by molar-refractivity contribution is 6.04. The number of aromatic nitrogens is 1. The number of carbonyl (C=O) groups is 1. The van der Waals surface area contributed by atoms with Crippen molar-refractivity contribution in [2.75, 3.05) is 11.9 Å². The Bertz CT molecular complexity index is 578. The lowest BCUT2D eigenvalue weighted by Gasteiger charge is -2.17. The van der Waals surface area contributed by atoms with Gasteiger partial charge in [0.15, 0.2) is 0 Å². The van der Waals surface area contributed by atoms with E-state index < -0.39 is 0 Å². The average Bonchev–Trinajstić information content (AvgIpc) is 2.46. The molecule has 0 aliphatic carbocycles. The Morgan fingerprint density at radius 2 is 2.11 bits per heavy atom. The normalized spacial score (nSPS) is 10.3. The van der Waals surface area contributed by atoms with Crippen LogP contribution in [-0.4, -0.2) is 17.9 Å². The van der Waals surface area contributed by atoms with Crippen LogP contribution in [0.5, 0.6) is 0 Å². The largest absolute Gasteiger partial charge is 0.326 e. The Morgan fingerprint density at radius 3 is 2.68 bits per heavy atom. The van der Waals surface area contributed by atoms with Crippen LogP contribution in [0.25, 0.3) is 0 Å². The van der Waals surface area contributed by atoms with E-state index in [1.807, 2.05) is 37.3 Å².